The van der Waals surface area contributed by atoms with Gasteiger partial charge in [0.1, 0.15) is 0 Å². The van der Waals surface area contributed by atoms with Crippen LogP contribution in [0.25, 0.3) is 0 Å². The number of likely N-dealkylation sites (tertiary alicyclic amines) is 1. The molecule has 4 rings (SSSR count). The van der Waals surface area contributed by atoms with Gasteiger partial charge in [-0.15, -0.1) is 0 Å². The Hall–Kier alpha value is -1.55. The zero-order valence-electron chi connectivity index (χ0n) is 17.3. The van der Waals surface area contributed by atoms with Crippen LogP contribution in [-0.4, -0.2) is 41.9 Å². The minimum atomic E-state index is -0.119. The maximum Gasteiger partial charge on any atom is 0.227 e. The number of halogens is 2. The molecule has 0 saturated carbocycles. The minimum absolute atomic E-state index is 0.0910. The monoisotopic (exact) mass is 430 g/mol. The molecule has 1 aliphatic heterocycles. The van der Waals surface area contributed by atoms with Crippen molar-refractivity contribution in [3.8, 4) is 0 Å². The first-order chi connectivity index (χ1) is 13.8. The summed E-state index contributed by atoms with van der Waals surface area (Å²) in [5.74, 6) is 0.110. The third-order valence-electron chi connectivity index (χ3n) is 6.70. The van der Waals surface area contributed by atoms with Crippen LogP contribution < -0.4 is 0 Å². The number of benzene rings is 2. The Morgan fingerprint density at radius 1 is 1.10 bits per heavy atom. The van der Waals surface area contributed by atoms with Crippen molar-refractivity contribution in [2.24, 2.45) is 0 Å². The van der Waals surface area contributed by atoms with Crippen molar-refractivity contribution >= 4 is 29.1 Å². The van der Waals surface area contributed by atoms with E-state index in [1.165, 1.54) is 24.0 Å². The fourth-order valence-electron chi connectivity index (χ4n) is 5.28. The quantitative estimate of drug-likeness (QED) is 0.639. The minimum Gasteiger partial charge on any atom is -0.340 e. The summed E-state index contributed by atoms with van der Waals surface area (Å²) in [6, 6.07) is 14.5. The molecule has 1 fully saturated rings. The molecule has 1 heterocycles. The summed E-state index contributed by atoms with van der Waals surface area (Å²) in [6.07, 6.45) is 2.78. The number of carbonyl (C=O) groups excluding carboxylic acids is 1. The van der Waals surface area contributed by atoms with Crippen molar-refractivity contribution in [1.82, 2.24) is 9.80 Å². The molecule has 3 nitrogen and oxygen atoms in total. The fraction of sp³-hybridized carbons (Fsp3) is 0.458. The van der Waals surface area contributed by atoms with Gasteiger partial charge in [-0.05, 0) is 54.8 Å². The highest BCUT2D eigenvalue weighted by molar-refractivity contribution is 6.42. The Kier molecular flexibility index (Phi) is 5.67. The molecular formula is C24H28Cl2N2O. The van der Waals surface area contributed by atoms with Gasteiger partial charge in [-0.2, -0.15) is 0 Å². The van der Waals surface area contributed by atoms with Crippen LogP contribution in [-0.2, 0) is 16.6 Å². The van der Waals surface area contributed by atoms with E-state index in [0.717, 1.165) is 18.7 Å². The molecule has 1 saturated heterocycles. The number of carbonyl (C=O) groups is 1. The summed E-state index contributed by atoms with van der Waals surface area (Å²) < 4.78 is 0. The number of likely N-dealkylation sites (N-methyl/N-ethyl adjacent to an activating group) is 1. The summed E-state index contributed by atoms with van der Waals surface area (Å²) in [5, 5.41) is 1.00. The summed E-state index contributed by atoms with van der Waals surface area (Å²) in [5.41, 5.74) is 3.50. The number of rotatable bonds is 4. The van der Waals surface area contributed by atoms with Gasteiger partial charge in [0.15, 0.2) is 0 Å². The van der Waals surface area contributed by atoms with Crippen LogP contribution >= 0.6 is 23.2 Å². The number of hydrogen-bond donors (Lipinski definition) is 0. The van der Waals surface area contributed by atoms with Crippen molar-refractivity contribution in [1.29, 1.82) is 0 Å². The third kappa shape index (κ3) is 3.69. The Balaban J connectivity index is 1.65. The Morgan fingerprint density at radius 2 is 1.79 bits per heavy atom. The smallest absolute Gasteiger partial charge is 0.227 e. The Labute approximate surface area is 183 Å². The summed E-state index contributed by atoms with van der Waals surface area (Å²) in [4.78, 5) is 17.9. The van der Waals surface area contributed by atoms with E-state index < -0.39 is 0 Å². The number of nitrogens with zero attached hydrogens (tertiary/aromatic N) is 2. The topological polar surface area (TPSA) is 23.6 Å². The molecule has 2 atom stereocenters. The molecule has 5 heteroatoms. The molecule has 29 heavy (non-hydrogen) atoms. The first-order valence-electron chi connectivity index (χ1n) is 10.3. The standard InChI is InChI=1S/C24H28Cl2N2O/c1-24(2)18-9-5-4-8-17(18)22(28-12-6-7-13-28)23(24)27(3)21(29)15-16-10-11-19(25)20(26)14-16/h4-5,8-11,14,22-23H,6-7,12-13,15H2,1-3H3/t22-,23+/m0/s1. The highest BCUT2D eigenvalue weighted by atomic mass is 35.5. The van der Waals surface area contributed by atoms with E-state index in [0.29, 0.717) is 16.5 Å². The van der Waals surface area contributed by atoms with Crippen LogP contribution in [0, 0.1) is 0 Å². The molecule has 2 aromatic rings. The van der Waals surface area contributed by atoms with Crippen molar-refractivity contribution in [3.05, 3.63) is 69.2 Å². The van der Waals surface area contributed by atoms with E-state index in [1.54, 1.807) is 12.1 Å². The van der Waals surface area contributed by atoms with Gasteiger partial charge in [-0.3, -0.25) is 9.69 Å². The van der Waals surface area contributed by atoms with Crippen LogP contribution in [0.15, 0.2) is 42.5 Å². The largest absolute Gasteiger partial charge is 0.340 e. The van der Waals surface area contributed by atoms with Crippen LogP contribution in [0.3, 0.4) is 0 Å². The maximum absolute atomic E-state index is 13.3. The lowest BCUT2D eigenvalue weighted by atomic mass is 9.81. The maximum atomic E-state index is 13.3. The van der Waals surface area contributed by atoms with E-state index in [9.17, 15) is 4.79 Å². The molecule has 1 aliphatic carbocycles. The first kappa shape index (κ1) is 20.7. The van der Waals surface area contributed by atoms with E-state index in [-0.39, 0.29) is 23.4 Å². The number of fused-ring (bicyclic) bond motifs is 1. The average Bonchev–Trinajstić information content (AvgIpc) is 3.29. The van der Waals surface area contributed by atoms with Gasteiger partial charge in [-0.1, -0.05) is 67.4 Å². The summed E-state index contributed by atoms with van der Waals surface area (Å²) in [6.45, 7) is 6.74. The lowest BCUT2D eigenvalue weighted by Crippen LogP contribution is -2.51. The third-order valence-corrected chi connectivity index (χ3v) is 7.44. The molecule has 154 valence electrons. The molecule has 0 unspecified atom stereocenters. The van der Waals surface area contributed by atoms with Gasteiger partial charge in [0, 0.05) is 12.5 Å². The van der Waals surface area contributed by atoms with E-state index >= 15 is 0 Å². The Bertz CT molecular complexity index is 921. The highest BCUT2D eigenvalue weighted by Gasteiger charge is 2.51. The van der Waals surface area contributed by atoms with Crippen molar-refractivity contribution < 1.29 is 4.79 Å². The van der Waals surface area contributed by atoms with Crippen molar-refractivity contribution in [3.63, 3.8) is 0 Å². The molecule has 0 N–H and O–H groups in total. The SMILES string of the molecule is CN(C(=O)Cc1ccc(Cl)c(Cl)c1)[C@@H]1[C@@H](N2CCCC2)c2ccccc2C1(C)C. The normalized spacial score (nSPS) is 23.2. The second kappa shape index (κ2) is 7.94. The molecule has 1 amide bonds. The Morgan fingerprint density at radius 3 is 2.48 bits per heavy atom. The van der Waals surface area contributed by atoms with Crippen LogP contribution in [0.2, 0.25) is 10.0 Å². The summed E-state index contributed by atoms with van der Waals surface area (Å²) in [7, 11) is 1.96. The van der Waals surface area contributed by atoms with Crippen molar-refractivity contribution in [2.75, 3.05) is 20.1 Å². The number of amides is 1. The van der Waals surface area contributed by atoms with Gasteiger partial charge in [0.2, 0.25) is 5.91 Å². The lowest BCUT2D eigenvalue weighted by Gasteiger charge is -2.41. The second-order valence-corrected chi connectivity index (χ2v) is 9.69. The molecule has 2 aliphatic rings. The van der Waals surface area contributed by atoms with Gasteiger partial charge in [0.05, 0.1) is 28.5 Å². The zero-order chi connectivity index (χ0) is 20.8. The lowest BCUT2D eigenvalue weighted by molar-refractivity contribution is -0.133. The van der Waals surface area contributed by atoms with Gasteiger partial charge < -0.3 is 4.90 Å². The second-order valence-electron chi connectivity index (χ2n) is 8.87. The zero-order valence-corrected chi connectivity index (χ0v) is 18.8. The predicted molar refractivity (Wildman–Crippen MR) is 120 cm³/mol. The molecular weight excluding hydrogens is 403 g/mol. The average molecular weight is 431 g/mol. The van der Waals surface area contributed by atoms with Gasteiger partial charge in [0.25, 0.3) is 0 Å². The van der Waals surface area contributed by atoms with E-state index in [2.05, 4.69) is 43.0 Å². The fourth-order valence-corrected chi connectivity index (χ4v) is 5.60. The van der Waals surface area contributed by atoms with Crippen LogP contribution in [0.5, 0.6) is 0 Å². The predicted octanol–water partition coefficient (Wildman–Crippen LogP) is 5.49. The molecule has 0 radical (unpaired) electrons. The molecule has 0 bridgehead atoms. The van der Waals surface area contributed by atoms with E-state index in [4.69, 9.17) is 23.2 Å². The molecule has 0 spiro atoms. The van der Waals surface area contributed by atoms with Gasteiger partial charge >= 0.3 is 0 Å². The summed E-state index contributed by atoms with van der Waals surface area (Å²) >= 11 is 12.2. The first-order valence-corrected chi connectivity index (χ1v) is 11.1. The highest BCUT2D eigenvalue weighted by Crippen LogP contribution is 2.50. The molecule has 0 aromatic heterocycles. The van der Waals surface area contributed by atoms with Crippen LogP contribution in [0.1, 0.15) is 49.4 Å². The molecule has 2 aromatic carbocycles. The number of hydrogen-bond acceptors (Lipinski definition) is 2. The van der Waals surface area contributed by atoms with Crippen molar-refractivity contribution in [2.45, 2.75) is 50.6 Å². The van der Waals surface area contributed by atoms with Crippen LogP contribution in [0.4, 0.5) is 0 Å². The van der Waals surface area contributed by atoms with Gasteiger partial charge in [-0.25, -0.2) is 0 Å². The van der Waals surface area contributed by atoms with E-state index in [1.807, 2.05) is 18.0 Å².